The zero-order valence-corrected chi connectivity index (χ0v) is 11.3. The maximum absolute atomic E-state index is 11.8. The molecule has 1 fully saturated rings. The zero-order chi connectivity index (χ0) is 14.4. The lowest BCUT2D eigenvalue weighted by Crippen LogP contribution is -2.28. The molecule has 0 aliphatic carbocycles. The SMILES string of the molecule is N/N=C/N=C1NC(=O)C(CC(=O)Nc2ccccc2)S1. The van der Waals surface area contributed by atoms with Gasteiger partial charge in [-0.1, -0.05) is 30.0 Å². The molecule has 1 aliphatic heterocycles. The van der Waals surface area contributed by atoms with Crippen molar-refractivity contribution >= 4 is 40.8 Å². The number of rotatable bonds is 4. The Balaban J connectivity index is 1.90. The Bertz CT molecular complexity index is 558. The first-order valence-electron chi connectivity index (χ1n) is 5.81. The number of anilines is 1. The summed E-state index contributed by atoms with van der Waals surface area (Å²) in [5, 5.41) is 8.39. The zero-order valence-electron chi connectivity index (χ0n) is 10.4. The number of hydrogen-bond donors (Lipinski definition) is 3. The van der Waals surface area contributed by atoms with E-state index in [9.17, 15) is 9.59 Å². The average molecular weight is 291 g/mol. The van der Waals surface area contributed by atoms with E-state index >= 15 is 0 Å². The number of amidine groups is 1. The molecular weight excluding hydrogens is 278 g/mol. The fourth-order valence-electron chi connectivity index (χ4n) is 1.59. The number of amides is 2. The van der Waals surface area contributed by atoms with Crippen molar-refractivity contribution in [2.75, 3.05) is 5.32 Å². The van der Waals surface area contributed by atoms with E-state index in [-0.39, 0.29) is 18.2 Å². The van der Waals surface area contributed by atoms with Crippen LogP contribution in [0.15, 0.2) is 40.4 Å². The maximum atomic E-state index is 11.8. The molecular formula is C12H13N5O2S. The minimum atomic E-state index is -0.497. The van der Waals surface area contributed by atoms with Crippen molar-refractivity contribution in [3.8, 4) is 0 Å². The Labute approximate surface area is 119 Å². The van der Waals surface area contributed by atoms with Crippen LogP contribution in [-0.4, -0.2) is 28.6 Å². The van der Waals surface area contributed by atoms with E-state index in [1.54, 1.807) is 12.1 Å². The number of thioether (sulfide) groups is 1. The molecule has 20 heavy (non-hydrogen) atoms. The summed E-state index contributed by atoms with van der Waals surface area (Å²) in [7, 11) is 0. The Kier molecular flexibility index (Phi) is 4.72. The van der Waals surface area contributed by atoms with Crippen LogP contribution in [-0.2, 0) is 9.59 Å². The summed E-state index contributed by atoms with van der Waals surface area (Å²) in [5.41, 5.74) is 0.699. The minimum absolute atomic E-state index is 0.0736. The third-order valence-corrected chi connectivity index (χ3v) is 3.54. The Morgan fingerprint density at radius 3 is 2.90 bits per heavy atom. The predicted molar refractivity (Wildman–Crippen MR) is 79.3 cm³/mol. The number of nitrogens with zero attached hydrogens (tertiary/aromatic N) is 2. The molecule has 4 N–H and O–H groups in total. The summed E-state index contributed by atoms with van der Waals surface area (Å²) in [6.07, 6.45) is 1.21. The molecule has 1 atom stereocenters. The molecule has 7 nitrogen and oxygen atoms in total. The maximum Gasteiger partial charge on any atom is 0.240 e. The first-order valence-corrected chi connectivity index (χ1v) is 6.69. The van der Waals surface area contributed by atoms with E-state index in [1.165, 1.54) is 11.8 Å². The second kappa shape index (κ2) is 6.71. The van der Waals surface area contributed by atoms with Crippen LogP contribution in [0.1, 0.15) is 6.42 Å². The van der Waals surface area contributed by atoms with Gasteiger partial charge in [-0.15, -0.1) is 0 Å². The summed E-state index contributed by atoms with van der Waals surface area (Å²) in [4.78, 5) is 27.3. The van der Waals surface area contributed by atoms with E-state index in [0.29, 0.717) is 10.9 Å². The number of carbonyl (C=O) groups is 2. The van der Waals surface area contributed by atoms with E-state index in [0.717, 1.165) is 6.34 Å². The summed E-state index contributed by atoms with van der Waals surface area (Å²) >= 11 is 1.18. The fourth-order valence-corrected chi connectivity index (χ4v) is 2.53. The molecule has 1 aromatic carbocycles. The molecule has 1 aromatic rings. The second-order valence-corrected chi connectivity index (χ2v) is 5.10. The molecule has 104 valence electrons. The number of hydrazone groups is 1. The lowest BCUT2D eigenvalue weighted by Gasteiger charge is -2.06. The summed E-state index contributed by atoms with van der Waals surface area (Å²) in [6, 6.07) is 9.07. The van der Waals surface area contributed by atoms with Crippen molar-refractivity contribution in [2.24, 2.45) is 15.9 Å². The Morgan fingerprint density at radius 2 is 2.20 bits per heavy atom. The lowest BCUT2D eigenvalue weighted by atomic mass is 10.2. The highest BCUT2D eigenvalue weighted by atomic mass is 32.2. The summed E-state index contributed by atoms with van der Waals surface area (Å²) in [5.74, 6) is 4.45. The number of aliphatic imine (C=N–C) groups is 1. The van der Waals surface area contributed by atoms with Gasteiger partial charge in [0.2, 0.25) is 11.8 Å². The van der Waals surface area contributed by atoms with E-state index in [1.807, 2.05) is 18.2 Å². The first kappa shape index (κ1) is 14.1. The third kappa shape index (κ3) is 3.82. The standard InChI is InChI=1S/C12H13N5O2S/c13-15-7-14-12-17-11(19)9(20-12)6-10(18)16-8-4-2-1-3-5-8/h1-5,7,9H,6,13H2,(H,16,18)(H,14,15,17,19). The molecule has 1 unspecified atom stereocenters. The van der Waals surface area contributed by atoms with E-state index in [2.05, 4.69) is 20.7 Å². The van der Waals surface area contributed by atoms with Crippen LogP contribution in [0.2, 0.25) is 0 Å². The Morgan fingerprint density at radius 1 is 1.45 bits per heavy atom. The van der Waals surface area contributed by atoms with Crippen LogP contribution in [0.5, 0.6) is 0 Å². The van der Waals surface area contributed by atoms with Gasteiger partial charge in [-0.25, -0.2) is 4.99 Å². The van der Waals surface area contributed by atoms with Crippen molar-refractivity contribution in [1.82, 2.24) is 5.32 Å². The number of nitrogens with one attached hydrogen (secondary N) is 2. The predicted octanol–water partition coefficient (Wildman–Crippen LogP) is 0.505. The highest BCUT2D eigenvalue weighted by molar-refractivity contribution is 8.15. The van der Waals surface area contributed by atoms with Crippen LogP contribution >= 0.6 is 11.8 Å². The smallest absolute Gasteiger partial charge is 0.240 e. The molecule has 2 rings (SSSR count). The van der Waals surface area contributed by atoms with Gasteiger partial charge in [-0.05, 0) is 12.1 Å². The average Bonchev–Trinajstić information content (AvgIpc) is 2.78. The molecule has 0 spiro atoms. The quantitative estimate of drug-likeness (QED) is 0.325. The Hall–Kier alpha value is -2.35. The van der Waals surface area contributed by atoms with Gasteiger partial charge in [0.05, 0.1) is 0 Å². The molecule has 0 saturated carbocycles. The van der Waals surface area contributed by atoms with Gasteiger partial charge in [0.15, 0.2) is 5.17 Å². The van der Waals surface area contributed by atoms with Gasteiger partial charge in [0.1, 0.15) is 11.6 Å². The van der Waals surface area contributed by atoms with Crippen molar-refractivity contribution in [1.29, 1.82) is 0 Å². The molecule has 8 heteroatoms. The largest absolute Gasteiger partial charge is 0.326 e. The van der Waals surface area contributed by atoms with Crippen LogP contribution in [0.3, 0.4) is 0 Å². The second-order valence-electron chi connectivity index (χ2n) is 3.91. The highest BCUT2D eigenvalue weighted by Crippen LogP contribution is 2.22. The number of para-hydroxylation sites is 1. The van der Waals surface area contributed by atoms with Gasteiger partial charge in [0, 0.05) is 12.1 Å². The van der Waals surface area contributed by atoms with Crippen LogP contribution < -0.4 is 16.5 Å². The van der Waals surface area contributed by atoms with Crippen molar-refractivity contribution in [2.45, 2.75) is 11.7 Å². The molecule has 1 saturated heterocycles. The number of nitrogens with two attached hydrogens (primary N) is 1. The summed E-state index contributed by atoms with van der Waals surface area (Å²) in [6.45, 7) is 0. The summed E-state index contributed by atoms with van der Waals surface area (Å²) < 4.78 is 0. The van der Waals surface area contributed by atoms with E-state index in [4.69, 9.17) is 5.84 Å². The number of hydrogen-bond acceptors (Lipinski definition) is 5. The van der Waals surface area contributed by atoms with Gasteiger partial charge in [0.25, 0.3) is 0 Å². The molecule has 2 amide bonds. The van der Waals surface area contributed by atoms with Gasteiger partial charge >= 0.3 is 0 Å². The van der Waals surface area contributed by atoms with Crippen molar-refractivity contribution < 1.29 is 9.59 Å². The molecule has 0 aromatic heterocycles. The normalized spacial score (nSPS) is 20.3. The number of benzene rings is 1. The van der Waals surface area contributed by atoms with Crippen LogP contribution in [0.25, 0.3) is 0 Å². The van der Waals surface area contributed by atoms with Crippen molar-refractivity contribution in [3.05, 3.63) is 30.3 Å². The molecule has 1 aliphatic rings. The molecule has 0 bridgehead atoms. The highest BCUT2D eigenvalue weighted by Gasteiger charge is 2.31. The molecule has 0 radical (unpaired) electrons. The van der Waals surface area contributed by atoms with Gasteiger partial charge < -0.3 is 16.5 Å². The van der Waals surface area contributed by atoms with Gasteiger partial charge in [-0.2, -0.15) is 5.10 Å². The topological polar surface area (TPSA) is 109 Å². The van der Waals surface area contributed by atoms with Gasteiger partial charge in [-0.3, -0.25) is 9.59 Å². The first-order chi connectivity index (χ1) is 9.69. The van der Waals surface area contributed by atoms with Crippen LogP contribution in [0, 0.1) is 0 Å². The fraction of sp³-hybridized carbons (Fsp3) is 0.167. The third-order valence-electron chi connectivity index (χ3n) is 2.45. The molecule has 1 heterocycles. The van der Waals surface area contributed by atoms with Crippen molar-refractivity contribution in [3.63, 3.8) is 0 Å². The monoisotopic (exact) mass is 291 g/mol. The minimum Gasteiger partial charge on any atom is -0.326 e. The van der Waals surface area contributed by atoms with E-state index < -0.39 is 5.25 Å². The lowest BCUT2D eigenvalue weighted by molar-refractivity contribution is -0.122. The van der Waals surface area contributed by atoms with Crippen LogP contribution in [0.4, 0.5) is 5.69 Å². The number of carbonyl (C=O) groups excluding carboxylic acids is 2.